The highest BCUT2D eigenvalue weighted by molar-refractivity contribution is 5.89. The number of aromatic nitrogens is 1. The van der Waals surface area contributed by atoms with Gasteiger partial charge in [-0.05, 0) is 56.9 Å². The monoisotopic (exact) mass is 380 g/mol. The number of carbonyl (C=O) groups is 1. The number of nitrogens with zero attached hydrogens (tertiary/aromatic N) is 2. The lowest BCUT2D eigenvalue weighted by Crippen LogP contribution is -2.36. The Morgan fingerprint density at radius 2 is 1.86 bits per heavy atom. The molecule has 0 aliphatic heterocycles. The maximum atomic E-state index is 12.4. The summed E-state index contributed by atoms with van der Waals surface area (Å²) in [5.74, 6) is 0.789. The molecule has 1 heterocycles. The minimum atomic E-state index is -0.226. The lowest BCUT2D eigenvalue weighted by molar-refractivity contribution is 0.243. The van der Waals surface area contributed by atoms with Crippen LogP contribution in [0.3, 0.4) is 0 Å². The summed E-state index contributed by atoms with van der Waals surface area (Å²) in [6.45, 7) is 3.06. The molecule has 6 nitrogen and oxygen atoms in total. The maximum Gasteiger partial charge on any atom is 0.319 e. The predicted octanol–water partition coefficient (Wildman–Crippen LogP) is 4.00. The molecule has 0 aliphatic carbocycles. The van der Waals surface area contributed by atoms with E-state index in [0.29, 0.717) is 13.2 Å². The molecule has 2 amide bonds. The van der Waals surface area contributed by atoms with Crippen LogP contribution in [-0.4, -0.2) is 42.7 Å². The van der Waals surface area contributed by atoms with Gasteiger partial charge < -0.3 is 24.8 Å². The van der Waals surface area contributed by atoms with Crippen LogP contribution in [0.2, 0.25) is 0 Å². The van der Waals surface area contributed by atoms with Gasteiger partial charge in [0.15, 0.2) is 0 Å². The van der Waals surface area contributed by atoms with E-state index in [4.69, 9.17) is 4.74 Å². The molecule has 3 rings (SSSR count). The predicted molar refractivity (Wildman–Crippen MR) is 114 cm³/mol. The normalized spacial score (nSPS) is 12.2. The SMILES string of the molecule is CCOc1ccc(NC(=O)NC[C@@H](c2cn(C)c3ccccc23)N(C)C)cc1. The average molecular weight is 380 g/mol. The van der Waals surface area contributed by atoms with Crippen LogP contribution in [0.5, 0.6) is 5.75 Å². The van der Waals surface area contributed by atoms with Crippen molar-refractivity contribution in [3.63, 3.8) is 0 Å². The van der Waals surface area contributed by atoms with E-state index in [0.717, 1.165) is 11.4 Å². The van der Waals surface area contributed by atoms with Gasteiger partial charge in [-0.3, -0.25) is 0 Å². The van der Waals surface area contributed by atoms with Crippen molar-refractivity contribution in [1.29, 1.82) is 0 Å². The highest BCUT2D eigenvalue weighted by Gasteiger charge is 2.20. The number of likely N-dealkylation sites (N-methyl/N-ethyl adjacent to an activating group) is 1. The molecule has 0 saturated heterocycles. The van der Waals surface area contributed by atoms with E-state index in [1.165, 1.54) is 16.5 Å². The van der Waals surface area contributed by atoms with Crippen LogP contribution in [0, 0.1) is 0 Å². The van der Waals surface area contributed by atoms with Crippen LogP contribution in [0.25, 0.3) is 10.9 Å². The summed E-state index contributed by atoms with van der Waals surface area (Å²) in [5.41, 5.74) is 3.11. The zero-order chi connectivity index (χ0) is 20.1. The lowest BCUT2D eigenvalue weighted by Gasteiger charge is -2.24. The van der Waals surface area contributed by atoms with Crippen molar-refractivity contribution < 1.29 is 9.53 Å². The number of nitrogens with one attached hydrogen (secondary N) is 2. The number of aryl methyl sites for hydroxylation is 1. The molecular formula is C22H28N4O2. The molecule has 28 heavy (non-hydrogen) atoms. The first-order valence-electron chi connectivity index (χ1n) is 9.47. The zero-order valence-electron chi connectivity index (χ0n) is 16.9. The summed E-state index contributed by atoms with van der Waals surface area (Å²) in [6.07, 6.45) is 2.14. The second-order valence-electron chi connectivity index (χ2n) is 6.98. The van der Waals surface area contributed by atoms with Gasteiger partial charge in [-0.15, -0.1) is 0 Å². The Morgan fingerprint density at radius 3 is 2.54 bits per heavy atom. The van der Waals surface area contributed by atoms with E-state index in [1.807, 2.05) is 64.5 Å². The zero-order valence-corrected chi connectivity index (χ0v) is 16.9. The van der Waals surface area contributed by atoms with Gasteiger partial charge >= 0.3 is 6.03 Å². The van der Waals surface area contributed by atoms with Crippen LogP contribution in [0.15, 0.2) is 54.7 Å². The van der Waals surface area contributed by atoms with Crippen molar-refractivity contribution in [2.45, 2.75) is 13.0 Å². The number of carbonyl (C=O) groups excluding carboxylic acids is 1. The number of amides is 2. The Bertz CT molecular complexity index is 931. The van der Waals surface area contributed by atoms with Gasteiger partial charge in [0, 0.05) is 36.4 Å². The van der Waals surface area contributed by atoms with Crippen molar-refractivity contribution in [2.75, 3.05) is 32.6 Å². The van der Waals surface area contributed by atoms with Gasteiger partial charge in [0.25, 0.3) is 0 Å². The minimum Gasteiger partial charge on any atom is -0.494 e. The smallest absolute Gasteiger partial charge is 0.319 e. The highest BCUT2D eigenvalue weighted by atomic mass is 16.5. The van der Waals surface area contributed by atoms with Gasteiger partial charge in [0.05, 0.1) is 12.6 Å². The molecule has 0 unspecified atom stereocenters. The number of hydrogen-bond donors (Lipinski definition) is 2. The summed E-state index contributed by atoms with van der Waals surface area (Å²) in [6, 6.07) is 15.5. The minimum absolute atomic E-state index is 0.0668. The first-order valence-corrected chi connectivity index (χ1v) is 9.47. The van der Waals surface area contributed by atoms with Crippen molar-refractivity contribution >= 4 is 22.6 Å². The first-order chi connectivity index (χ1) is 13.5. The Kier molecular flexibility index (Phi) is 6.21. The van der Waals surface area contributed by atoms with Gasteiger partial charge in [-0.2, -0.15) is 0 Å². The number of ether oxygens (including phenoxy) is 1. The first kappa shape index (κ1) is 19.8. The van der Waals surface area contributed by atoms with Gasteiger partial charge in [0.1, 0.15) is 5.75 Å². The molecule has 0 bridgehead atoms. The van der Waals surface area contributed by atoms with Crippen LogP contribution >= 0.6 is 0 Å². The Balaban J connectivity index is 1.67. The molecule has 0 fully saturated rings. The van der Waals surface area contributed by atoms with Gasteiger partial charge in [0.2, 0.25) is 0 Å². The molecule has 1 aromatic heterocycles. The number of para-hydroxylation sites is 1. The number of hydrogen-bond acceptors (Lipinski definition) is 3. The summed E-state index contributed by atoms with van der Waals surface area (Å²) in [7, 11) is 6.10. The molecule has 2 N–H and O–H groups in total. The largest absolute Gasteiger partial charge is 0.494 e. The Hall–Kier alpha value is -2.99. The van der Waals surface area contributed by atoms with Crippen LogP contribution in [-0.2, 0) is 7.05 Å². The summed E-state index contributed by atoms with van der Waals surface area (Å²) in [4.78, 5) is 14.5. The molecule has 2 aromatic carbocycles. The van der Waals surface area contributed by atoms with Crippen molar-refractivity contribution in [3.8, 4) is 5.75 Å². The number of fused-ring (bicyclic) bond motifs is 1. The molecule has 3 aromatic rings. The molecule has 0 saturated carbocycles. The molecule has 1 atom stereocenters. The Morgan fingerprint density at radius 1 is 1.14 bits per heavy atom. The molecule has 0 radical (unpaired) electrons. The van der Waals surface area contributed by atoms with Crippen LogP contribution < -0.4 is 15.4 Å². The van der Waals surface area contributed by atoms with E-state index in [2.05, 4.69) is 38.4 Å². The standard InChI is InChI=1S/C22H28N4O2/c1-5-28-17-12-10-16(11-13-17)24-22(27)23-14-21(25(2)3)19-15-26(4)20-9-7-6-8-18(19)20/h6-13,15,21H,5,14H2,1-4H3,(H2,23,24,27)/t21-/m0/s1. The highest BCUT2D eigenvalue weighted by Crippen LogP contribution is 2.28. The molecule has 6 heteroatoms. The van der Waals surface area contributed by atoms with E-state index in [-0.39, 0.29) is 12.1 Å². The quantitative estimate of drug-likeness (QED) is 0.651. The third kappa shape index (κ3) is 4.46. The molecular weight excluding hydrogens is 352 g/mol. The van der Waals surface area contributed by atoms with Gasteiger partial charge in [-0.1, -0.05) is 18.2 Å². The number of urea groups is 1. The summed E-state index contributed by atoms with van der Waals surface area (Å²) < 4.78 is 7.55. The fourth-order valence-electron chi connectivity index (χ4n) is 3.38. The second-order valence-corrected chi connectivity index (χ2v) is 6.98. The number of rotatable bonds is 7. The summed E-state index contributed by atoms with van der Waals surface area (Å²) >= 11 is 0. The second kappa shape index (κ2) is 8.80. The van der Waals surface area contributed by atoms with E-state index in [1.54, 1.807) is 0 Å². The third-order valence-electron chi connectivity index (χ3n) is 4.79. The summed E-state index contributed by atoms with van der Waals surface area (Å²) in [5, 5.41) is 7.07. The number of anilines is 1. The fourth-order valence-corrected chi connectivity index (χ4v) is 3.38. The lowest BCUT2D eigenvalue weighted by atomic mass is 10.0. The van der Waals surface area contributed by atoms with Crippen LogP contribution in [0.4, 0.5) is 10.5 Å². The van der Waals surface area contributed by atoms with E-state index >= 15 is 0 Å². The van der Waals surface area contributed by atoms with E-state index in [9.17, 15) is 4.79 Å². The van der Waals surface area contributed by atoms with Crippen LogP contribution in [0.1, 0.15) is 18.5 Å². The van der Waals surface area contributed by atoms with Crippen molar-refractivity contribution in [3.05, 3.63) is 60.3 Å². The van der Waals surface area contributed by atoms with Crippen molar-refractivity contribution in [1.82, 2.24) is 14.8 Å². The van der Waals surface area contributed by atoms with Gasteiger partial charge in [-0.25, -0.2) is 4.79 Å². The average Bonchev–Trinajstić information content (AvgIpc) is 3.00. The molecule has 0 spiro atoms. The molecule has 148 valence electrons. The topological polar surface area (TPSA) is 58.5 Å². The fraction of sp³-hybridized carbons (Fsp3) is 0.318. The maximum absolute atomic E-state index is 12.4. The number of benzene rings is 2. The van der Waals surface area contributed by atoms with Crippen molar-refractivity contribution in [2.24, 2.45) is 7.05 Å². The Labute approximate surface area is 166 Å². The third-order valence-corrected chi connectivity index (χ3v) is 4.79. The molecule has 0 aliphatic rings. The van der Waals surface area contributed by atoms with E-state index < -0.39 is 0 Å².